The third-order valence-corrected chi connectivity index (χ3v) is 2.54. The van der Waals surface area contributed by atoms with E-state index in [0.29, 0.717) is 6.54 Å². The van der Waals surface area contributed by atoms with Gasteiger partial charge >= 0.3 is 5.69 Å². The zero-order chi connectivity index (χ0) is 13.5. The first-order valence-corrected chi connectivity index (χ1v) is 5.96. The zero-order valence-corrected chi connectivity index (χ0v) is 11.9. The summed E-state index contributed by atoms with van der Waals surface area (Å²) in [5.74, 6) is 0.258. The summed E-state index contributed by atoms with van der Waals surface area (Å²) in [7, 11) is 0. The molecule has 0 aliphatic heterocycles. The van der Waals surface area contributed by atoms with Crippen LogP contribution in [0.15, 0.2) is 71.7 Å². The fourth-order valence-corrected chi connectivity index (χ4v) is 1.60. The summed E-state index contributed by atoms with van der Waals surface area (Å²) in [5.41, 5.74) is 6.14. The van der Waals surface area contributed by atoms with Gasteiger partial charge in [0.05, 0.1) is 0 Å². The molecule has 0 amide bonds. The number of aromatic nitrogens is 2. The Morgan fingerprint density at radius 2 is 1.85 bits per heavy atom. The maximum absolute atomic E-state index is 11.3. The average Bonchev–Trinajstić information content (AvgIpc) is 3.08. The van der Waals surface area contributed by atoms with E-state index in [-0.39, 0.29) is 28.6 Å². The van der Waals surface area contributed by atoms with Gasteiger partial charge in [0.25, 0.3) is 0 Å². The van der Waals surface area contributed by atoms with Gasteiger partial charge in [0.1, 0.15) is 5.82 Å². The van der Waals surface area contributed by atoms with Crippen LogP contribution in [0.4, 0.5) is 5.82 Å². The fraction of sp³-hybridized carbons (Fsp3) is 0.0667. The molecule has 106 valence electrons. The first-order chi connectivity index (χ1) is 9.25. The monoisotopic (exact) mass is 309 g/mol. The molecule has 4 nitrogen and oxygen atoms in total. The predicted octanol–water partition coefficient (Wildman–Crippen LogP) is 2.00. The van der Waals surface area contributed by atoms with Gasteiger partial charge in [-0.2, -0.15) is 35.3 Å². The van der Waals surface area contributed by atoms with Crippen LogP contribution in [-0.4, -0.2) is 9.55 Å². The topological polar surface area (TPSA) is 60.9 Å². The Morgan fingerprint density at radius 1 is 1.20 bits per heavy atom. The number of nitrogen functional groups attached to an aromatic ring is 1. The molecule has 0 bridgehead atoms. The molecule has 0 fully saturated rings. The second-order valence-electron chi connectivity index (χ2n) is 4.02. The molecule has 0 radical (unpaired) electrons. The van der Waals surface area contributed by atoms with Crippen molar-refractivity contribution in [3.05, 3.63) is 82.9 Å². The smallest absolute Gasteiger partial charge is 0.348 e. The predicted molar refractivity (Wildman–Crippen MR) is 76.1 cm³/mol. The minimum absolute atomic E-state index is 0. The first-order valence-electron chi connectivity index (χ1n) is 5.96. The van der Waals surface area contributed by atoms with Gasteiger partial charge in [-0.15, -0.1) is 5.56 Å². The van der Waals surface area contributed by atoms with E-state index in [2.05, 4.69) is 4.98 Å². The van der Waals surface area contributed by atoms with Crippen LogP contribution in [-0.2, 0) is 23.6 Å². The molecule has 0 atom stereocenters. The summed E-state index contributed by atoms with van der Waals surface area (Å²) >= 11 is 0. The van der Waals surface area contributed by atoms with Crippen LogP contribution < -0.4 is 11.4 Å². The van der Waals surface area contributed by atoms with Crippen LogP contribution in [0.5, 0.6) is 0 Å². The van der Waals surface area contributed by atoms with Crippen LogP contribution >= 0.6 is 0 Å². The molecule has 0 saturated heterocycles. The molecule has 0 saturated carbocycles. The van der Waals surface area contributed by atoms with Crippen molar-refractivity contribution in [2.75, 3.05) is 5.73 Å². The molecule has 1 aromatic heterocycles. The first kappa shape index (κ1) is 16.0. The SMILES string of the molecule is Nc1ccn(C[c-]2cccc2)c(=O)n1.[Fe].c1cc[cH-]c1. The molecule has 20 heavy (non-hydrogen) atoms. The van der Waals surface area contributed by atoms with E-state index in [4.69, 9.17) is 5.73 Å². The second kappa shape index (κ2) is 8.15. The molecule has 3 aromatic rings. The van der Waals surface area contributed by atoms with Gasteiger partial charge in [0, 0.05) is 29.8 Å². The minimum Gasteiger partial charge on any atom is -0.383 e. The van der Waals surface area contributed by atoms with Gasteiger partial charge < -0.3 is 10.3 Å². The normalized spacial score (nSPS) is 9.20. The maximum Gasteiger partial charge on any atom is 0.348 e. The molecular weight excluding hydrogens is 294 g/mol. The second-order valence-corrected chi connectivity index (χ2v) is 4.02. The summed E-state index contributed by atoms with van der Waals surface area (Å²) in [6.07, 6.45) is 1.65. The van der Waals surface area contributed by atoms with Crippen LogP contribution in [0.25, 0.3) is 0 Å². The summed E-state index contributed by atoms with van der Waals surface area (Å²) in [5, 5.41) is 0. The molecule has 5 heteroatoms. The fourth-order valence-electron chi connectivity index (χ4n) is 1.60. The zero-order valence-electron chi connectivity index (χ0n) is 10.8. The van der Waals surface area contributed by atoms with Gasteiger partial charge in [-0.25, -0.2) is 29.1 Å². The van der Waals surface area contributed by atoms with Crippen molar-refractivity contribution in [2.24, 2.45) is 0 Å². The van der Waals surface area contributed by atoms with Gasteiger partial charge in [-0.1, -0.05) is 0 Å². The summed E-state index contributed by atoms with van der Waals surface area (Å²) < 4.78 is 1.52. The van der Waals surface area contributed by atoms with Crippen molar-refractivity contribution >= 4 is 5.82 Å². The van der Waals surface area contributed by atoms with Gasteiger partial charge in [-0.3, -0.25) is 0 Å². The standard InChI is InChI=1S/C10H10N3O.C5H5.Fe/c11-9-5-6-13(10(14)12-9)7-8-3-1-2-4-8;1-2-4-5-3-1;/h1-6H,7H2,(H2,11,12,14);1-5H;/q2*-1;. The van der Waals surface area contributed by atoms with E-state index in [0.717, 1.165) is 5.56 Å². The molecule has 0 aliphatic carbocycles. The molecule has 3 rings (SSSR count). The number of anilines is 1. The third-order valence-electron chi connectivity index (χ3n) is 2.54. The van der Waals surface area contributed by atoms with E-state index in [1.165, 1.54) is 4.57 Å². The van der Waals surface area contributed by atoms with Crippen LogP contribution in [0.3, 0.4) is 0 Å². The number of hydrogen-bond donors (Lipinski definition) is 1. The van der Waals surface area contributed by atoms with Crippen LogP contribution in [0, 0.1) is 0 Å². The Balaban J connectivity index is 0.000000283. The van der Waals surface area contributed by atoms with Crippen molar-refractivity contribution in [1.29, 1.82) is 0 Å². The molecule has 2 N–H and O–H groups in total. The van der Waals surface area contributed by atoms with Crippen molar-refractivity contribution in [1.82, 2.24) is 9.55 Å². The number of nitrogens with two attached hydrogens (primary N) is 1. The van der Waals surface area contributed by atoms with Crippen molar-refractivity contribution in [2.45, 2.75) is 6.54 Å². The molecule has 0 unspecified atom stereocenters. The van der Waals surface area contributed by atoms with E-state index in [1.807, 2.05) is 54.6 Å². The minimum atomic E-state index is -0.314. The van der Waals surface area contributed by atoms with Crippen LogP contribution in [0.2, 0.25) is 0 Å². The summed E-state index contributed by atoms with van der Waals surface area (Å²) in [4.78, 5) is 15.0. The number of rotatable bonds is 2. The van der Waals surface area contributed by atoms with Crippen molar-refractivity contribution in [3.63, 3.8) is 0 Å². The Morgan fingerprint density at radius 3 is 2.35 bits per heavy atom. The Hall–Kier alpha value is -2.10. The summed E-state index contributed by atoms with van der Waals surface area (Å²) in [6, 6.07) is 19.4. The molecule has 0 aliphatic rings. The number of nitrogens with zero attached hydrogens (tertiary/aromatic N) is 2. The Kier molecular flexibility index (Phi) is 6.50. The van der Waals surface area contributed by atoms with Crippen LogP contribution in [0.1, 0.15) is 5.56 Å². The molecular formula is C15H15FeN3O-2. The molecule has 2 aromatic carbocycles. The van der Waals surface area contributed by atoms with Crippen molar-refractivity contribution in [3.8, 4) is 0 Å². The van der Waals surface area contributed by atoms with Gasteiger partial charge in [0.15, 0.2) is 0 Å². The Bertz CT molecular complexity index is 625. The van der Waals surface area contributed by atoms with Gasteiger partial charge in [-0.05, 0) is 6.07 Å². The molecule has 1 heterocycles. The largest absolute Gasteiger partial charge is 0.383 e. The Labute approximate surface area is 128 Å². The number of hydrogen-bond acceptors (Lipinski definition) is 3. The quantitative estimate of drug-likeness (QED) is 0.582. The van der Waals surface area contributed by atoms with Crippen molar-refractivity contribution < 1.29 is 17.1 Å². The van der Waals surface area contributed by atoms with E-state index in [1.54, 1.807) is 12.3 Å². The van der Waals surface area contributed by atoms with E-state index in [9.17, 15) is 4.79 Å². The third kappa shape index (κ3) is 4.88. The maximum atomic E-state index is 11.3. The van der Waals surface area contributed by atoms with E-state index < -0.39 is 0 Å². The van der Waals surface area contributed by atoms with Gasteiger partial charge in [0.2, 0.25) is 0 Å². The molecule has 0 spiro atoms. The van der Waals surface area contributed by atoms with E-state index >= 15 is 0 Å². The average molecular weight is 309 g/mol. The summed E-state index contributed by atoms with van der Waals surface area (Å²) in [6.45, 7) is 0.541.